The Kier molecular flexibility index (Phi) is 8.50. The monoisotopic (exact) mass is 360 g/mol. The van der Waals surface area contributed by atoms with Gasteiger partial charge in [0.2, 0.25) is 10.0 Å². The lowest BCUT2D eigenvalue weighted by molar-refractivity contribution is 0.270. The molecule has 0 aromatic heterocycles. The molecular formula is C17H36N4O2S. The van der Waals surface area contributed by atoms with Crippen molar-refractivity contribution < 1.29 is 8.42 Å². The fraction of sp³-hybridized carbons (Fsp3) is 0.941. The number of guanidine groups is 1. The SMILES string of the molecule is CCNC(=NCC(C)(C)NS(C)(=O)=O)NCCC1CCCC(C)C1. The van der Waals surface area contributed by atoms with Gasteiger partial charge in [0.25, 0.3) is 0 Å². The van der Waals surface area contributed by atoms with Gasteiger partial charge in [-0.1, -0.05) is 26.2 Å². The first-order valence-corrected chi connectivity index (χ1v) is 11.0. The van der Waals surface area contributed by atoms with E-state index >= 15 is 0 Å². The number of aliphatic imine (C=N–C) groups is 1. The Morgan fingerprint density at radius 1 is 1.25 bits per heavy atom. The van der Waals surface area contributed by atoms with Crippen LogP contribution in [-0.2, 0) is 10.0 Å². The van der Waals surface area contributed by atoms with Crippen LogP contribution < -0.4 is 15.4 Å². The molecule has 0 saturated heterocycles. The van der Waals surface area contributed by atoms with Gasteiger partial charge in [0, 0.05) is 18.6 Å². The second-order valence-corrected chi connectivity index (χ2v) is 9.55. The molecule has 1 aliphatic carbocycles. The first-order chi connectivity index (χ1) is 11.1. The minimum atomic E-state index is -3.24. The van der Waals surface area contributed by atoms with Crippen LogP contribution in [0.5, 0.6) is 0 Å². The van der Waals surface area contributed by atoms with E-state index in [1.54, 1.807) is 0 Å². The van der Waals surface area contributed by atoms with E-state index < -0.39 is 15.6 Å². The van der Waals surface area contributed by atoms with E-state index in [0.29, 0.717) is 6.54 Å². The fourth-order valence-corrected chi connectivity index (χ4v) is 4.44. The van der Waals surface area contributed by atoms with Crippen molar-refractivity contribution in [1.82, 2.24) is 15.4 Å². The highest BCUT2D eigenvalue weighted by Gasteiger charge is 2.22. The summed E-state index contributed by atoms with van der Waals surface area (Å²) in [5.41, 5.74) is -0.602. The molecule has 6 nitrogen and oxygen atoms in total. The third kappa shape index (κ3) is 9.47. The Balaban J connectivity index is 2.47. The van der Waals surface area contributed by atoms with Crippen LogP contribution in [0.4, 0.5) is 0 Å². The summed E-state index contributed by atoms with van der Waals surface area (Å²) < 4.78 is 25.4. The molecule has 3 N–H and O–H groups in total. The molecule has 1 saturated carbocycles. The molecule has 7 heteroatoms. The summed E-state index contributed by atoms with van der Waals surface area (Å²) in [6.07, 6.45) is 7.74. The molecule has 1 fully saturated rings. The van der Waals surface area contributed by atoms with Gasteiger partial charge in [0.1, 0.15) is 0 Å². The Hall–Kier alpha value is -0.820. The first kappa shape index (κ1) is 21.2. The summed E-state index contributed by atoms with van der Waals surface area (Å²) in [7, 11) is -3.24. The van der Waals surface area contributed by atoms with Gasteiger partial charge in [-0.2, -0.15) is 0 Å². The summed E-state index contributed by atoms with van der Waals surface area (Å²) in [6, 6.07) is 0. The maximum Gasteiger partial charge on any atom is 0.209 e. The number of sulfonamides is 1. The predicted octanol–water partition coefficient (Wildman–Crippen LogP) is 2.09. The van der Waals surface area contributed by atoms with Crippen molar-refractivity contribution in [2.45, 2.75) is 65.3 Å². The van der Waals surface area contributed by atoms with Crippen molar-refractivity contribution in [1.29, 1.82) is 0 Å². The Bertz CT molecular complexity index is 503. The minimum absolute atomic E-state index is 0.385. The predicted molar refractivity (Wildman–Crippen MR) is 102 cm³/mol. The van der Waals surface area contributed by atoms with E-state index in [9.17, 15) is 8.42 Å². The van der Waals surface area contributed by atoms with Gasteiger partial charge >= 0.3 is 0 Å². The second kappa shape index (κ2) is 9.61. The minimum Gasteiger partial charge on any atom is -0.357 e. The van der Waals surface area contributed by atoms with E-state index in [2.05, 4.69) is 27.3 Å². The molecule has 0 amide bonds. The lowest BCUT2D eigenvalue weighted by atomic mass is 9.81. The zero-order valence-electron chi connectivity index (χ0n) is 16.0. The third-order valence-corrected chi connectivity index (χ3v) is 5.25. The molecule has 1 aliphatic rings. The van der Waals surface area contributed by atoms with Crippen LogP contribution in [0.25, 0.3) is 0 Å². The first-order valence-electron chi connectivity index (χ1n) is 9.12. The summed E-state index contributed by atoms with van der Waals surface area (Å²) in [5.74, 6) is 2.42. The van der Waals surface area contributed by atoms with Crippen molar-refractivity contribution in [3.63, 3.8) is 0 Å². The lowest BCUT2D eigenvalue weighted by Gasteiger charge is -2.27. The van der Waals surface area contributed by atoms with Crippen molar-refractivity contribution in [2.24, 2.45) is 16.8 Å². The van der Waals surface area contributed by atoms with E-state index in [1.165, 1.54) is 38.4 Å². The quantitative estimate of drug-likeness (QED) is 0.457. The molecule has 0 aromatic rings. The molecule has 0 aliphatic heterocycles. The van der Waals surface area contributed by atoms with Crippen LogP contribution in [0.3, 0.4) is 0 Å². The molecular weight excluding hydrogens is 324 g/mol. The maximum atomic E-state index is 11.4. The van der Waals surface area contributed by atoms with E-state index in [-0.39, 0.29) is 0 Å². The van der Waals surface area contributed by atoms with Crippen molar-refractivity contribution >= 4 is 16.0 Å². The highest BCUT2D eigenvalue weighted by molar-refractivity contribution is 7.88. The van der Waals surface area contributed by atoms with Crippen LogP contribution in [0, 0.1) is 11.8 Å². The van der Waals surface area contributed by atoms with Crippen molar-refractivity contribution in [3.8, 4) is 0 Å². The Morgan fingerprint density at radius 3 is 2.54 bits per heavy atom. The van der Waals surface area contributed by atoms with Gasteiger partial charge in [-0.3, -0.25) is 4.99 Å². The number of hydrogen-bond donors (Lipinski definition) is 3. The Labute approximate surface area is 148 Å². The molecule has 0 heterocycles. The smallest absolute Gasteiger partial charge is 0.209 e. The van der Waals surface area contributed by atoms with Crippen LogP contribution in [0.1, 0.15) is 59.8 Å². The summed E-state index contributed by atoms with van der Waals surface area (Å²) in [4.78, 5) is 4.53. The number of rotatable bonds is 8. The topological polar surface area (TPSA) is 82.6 Å². The van der Waals surface area contributed by atoms with Crippen LogP contribution >= 0.6 is 0 Å². The zero-order chi connectivity index (χ0) is 18.2. The zero-order valence-corrected chi connectivity index (χ0v) is 16.8. The van der Waals surface area contributed by atoms with Gasteiger partial charge < -0.3 is 10.6 Å². The average Bonchev–Trinajstić information content (AvgIpc) is 2.42. The fourth-order valence-electron chi connectivity index (χ4n) is 3.37. The van der Waals surface area contributed by atoms with Crippen LogP contribution in [0.2, 0.25) is 0 Å². The summed E-state index contributed by atoms with van der Waals surface area (Å²) in [6.45, 7) is 10.1. The highest BCUT2D eigenvalue weighted by Crippen LogP contribution is 2.30. The molecule has 2 unspecified atom stereocenters. The maximum absolute atomic E-state index is 11.4. The number of nitrogens with zero attached hydrogens (tertiary/aromatic N) is 1. The molecule has 0 bridgehead atoms. The molecule has 0 spiro atoms. The molecule has 2 atom stereocenters. The third-order valence-electron chi connectivity index (χ3n) is 4.33. The van der Waals surface area contributed by atoms with Gasteiger partial charge in [-0.25, -0.2) is 13.1 Å². The summed E-state index contributed by atoms with van der Waals surface area (Å²) >= 11 is 0. The van der Waals surface area contributed by atoms with Gasteiger partial charge in [-0.05, 0) is 45.4 Å². The molecule has 0 aromatic carbocycles. The average molecular weight is 361 g/mol. The Morgan fingerprint density at radius 2 is 1.96 bits per heavy atom. The van der Waals surface area contributed by atoms with E-state index in [1.807, 2.05) is 20.8 Å². The van der Waals surface area contributed by atoms with Crippen molar-refractivity contribution in [2.75, 3.05) is 25.9 Å². The van der Waals surface area contributed by atoms with Crippen LogP contribution in [-0.4, -0.2) is 45.8 Å². The normalized spacial score (nSPS) is 23.1. The largest absolute Gasteiger partial charge is 0.357 e. The summed E-state index contributed by atoms with van der Waals surface area (Å²) in [5, 5.41) is 6.61. The van der Waals surface area contributed by atoms with Gasteiger partial charge in [-0.15, -0.1) is 0 Å². The second-order valence-electron chi connectivity index (χ2n) is 7.81. The molecule has 24 heavy (non-hydrogen) atoms. The number of hydrogen-bond acceptors (Lipinski definition) is 3. The molecule has 1 rings (SSSR count). The van der Waals surface area contributed by atoms with Gasteiger partial charge in [0.15, 0.2) is 5.96 Å². The number of nitrogens with one attached hydrogen (secondary N) is 3. The lowest BCUT2D eigenvalue weighted by Crippen LogP contribution is -2.47. The molecule has 0 radical (unpaired) electrons. The highest BCUT2D eigenvalue weighted by atomic mass is 32.2. The van der Waals surface area contributed by atoms with E-state index in [4.69, 9.17) is 0 Å². The van der Waals surface area contributed by atoms with Crippen LogP contribution in [0.15, 0.2) is 4.99 Å². The van der Waals surface area contributed by atoms with E-state index in [0.717, 1.165) is 30.9 Å². The van der Waals surface area contributed by atoms with Gasteiger partial charge in [0.05, 0.1) is 12.8 Å². The molecule has 142 valence electrons. The standard InChI is InChI=1S/C17H36N4O2S/c1-6-18-16(20-13-17(3,4)21-24(5,22)23)19-11-10-15-9-7-8-14(2)12-15/h14-15,21H,6-13H2,1-5H3,(H2,18,19,20). The van der Waals surface area contributed by atoms with Crippen molar-refractivity contribution in [3.05, 3.63) is 0 Å².